The van der Waals surface area contributed by atoms with Crippen molar-refractivity contribution in [2.45, 2.75) is 49.9 Å². The molecule has 0 radical (unpaired) electrons. The predicted octanol–water partition coefficient (Wildman–Crippen LogP) is 3.88. The number of aryl methyl sites for hydroxylation is 4. The van der Waals surface area contributed by atoms with E-state index in [0.717, 1.165) is 59.3 Å². The van der Waals surface area contributed by atoms with Gasteiger partial charge in [-0.05, 0) is 56.7 Å². The SMILES string of the molecule is Cc1ccc(-n2c(SC3CCN(C)C3=O)nc3sc4c(c3c2=O)CCC4)c(C)c1. The Morgan fingerprint density at radius 3 is 2.76 bits per heavy atom. The van der Waals surface area contributed by atoms with Crippen LogP contribution >= 0.6 is 23.1 Å². The van der Waals surface area contributed by atoms with Crippen LogP contribution in [0, 0.1) is 13.8 Å². The lowest BCUT2D eigenvalue weighted by molar-refractivity contribution is -0.126. The Balaban J connectivity index is 1.74. The molecule has 3 aromatic rings. The van der Waals surface area contributed by atoms with Gasteiger partial charge in [-0.3, -0.25) is 14.2 Å². The van der Waals surface area contributed by atoms with Gasteiger partial charge in [-0.15, -0.1) is 11.3 Å². The van der Waals surface area contributed by atoms with Gasteiger partial charge < -0.3 is 4.90 Å². The summed E-state index contributed by atoms with van der Waals surface area (Å²) in [5, 5.41) is 1.22. The zero-order valence-electron chi connectivity index (χ0n) is 16.8. The van der Waals surface area contributed by atoms with Crippen LogP contribution in [0.3, 0.4) is 0 Å². The fourth-order valence-electron chi connectivity index (χ4n) is 4.40. The van der Waals surface area contributed by atoms with Gasteiger partial charge in [0.1, 0.15) is 4.83 Å². The fraction of sp³-hybridized carbons (Fsp3) is 0.409. The van der Waals surface area contributed by atoms with Crippen molar-refractivity contribution >= 4 is 39.2 Å². The van der Waals surface area contributed by atoms with Crippen molar-refractivity contribution < 1.29 is 4.79 Å². The van der Waals surface area contributed by atoms with Crippen molar-refractivity contribution in [1.82, 2.24) is 14.5 Å². The van der Waals surface area contributed by atoms with E-state index in [0.29, 0.717) is 5.16 Å². The van der Waals surface area contributed by atoms with Crippen molar-refractivity contribution in [1.29, 1.82) is 0 Å². The summed E-state index contributed by atoms with van der Waals surface area (Å²) in [5.74, 6) is 0.116. The summed E-state index contributed by atoms with van der Waals surface area (Å²) in [6.45, 7) is 4.83. The zero-order chi connectivity index (χ0) is 20.3. The third kappa shape index (κ3) is 3.02. The number of aromatic nitrogens is 2. The molecule has 1 unspecified atom stereocenters. The third-order valence-corrected chi connectivity index (χ3v) is 8.32. The van der Waals surface area contributed by atoms with Crippen LogP contribution in [-0.2, 0) is 17.6 Å². The molecule has 5 rings (SSSR count). The van der Waals surface area contributed by atoms with E-state index in [1.54, 1.807) is 20.8 Å². The van der Waals surface area contributed by atoms with Gasteiger partial charge in [-0.25, -0.2) is 4.98 Å². The van der Waals surface area contributed by atoms with Crippen LogP contribution in [0.5, 0.6) is 0 Å². The minimum Gasteiger partial charge on any atom is -0.345 e. The van der Waals surface area contributed by atoms with Gasteiger partial charge in [0, 0.05) is 18.5 Å². The Kier molecular flexibility index (Phi) is 4.55. The highest BCUT2D eigenvalue weighted by Gasteiger charge is 2.32. The number of amides is 1. The number of carbonyl (C=O) groups is 1. The summed E-state index contributed by atoms with van der Waals surface area (Å²) in [4.78, 5) is 35.1. The predicted molar refractivity (Wildman–Crippen MR) is 119 cm³/mol. The Labute approximate surface area is 177 Å². The summed E-state index contributed by atoms with van der Waals surface area (Å²) in [5.41, 5.74) is 4.24. The van der Waals surface area contributed by atoms with E-state index >= 15 is 0 Å². The number of thioether (sulfide) groups is 1. The van der Waals surface area contributed by atoms with Crippen molar-refractivity contribution in [2.75, 3.05) is 13.6 Å². The van der Waals surface area contributed by atoms with E-state index in [1.807, 2.05) is 26.1 Å². The number of fused-ring (bicyclic) bond motifs is 3. The first-order valence-electron chi connectivity index (χ1n) is 10.0. The molecular weight excluding hydrogens is 402 g/mol. The molecule has 1 fully saturated rings. The van der Waals surface area contributed by atoms with E-state index in [2.05, 4.69) is 13.0 Å². The van der Waals surface area contributed by atoms with Crippen LogP contribution < -0.4 is 5.56 Å². The van der Waals surface area contributed by atoms with Gasteiger partial charge in [0.05, 0.1) is 16.3 Å². The molecule has 2 aliphatic rings. The quantitative estimate of drug-likeness (QED) is 0.598. The van der Waals surface area contributed by atoms with Crippen LogP contribution in [0.4, 0.5) is 0 Å². The number of hydrogen-bond donors (Lipinski definition) is 0. The molecule has 0 saturated carbocycles. The molecule has 5 nitrogen and oxygen atoms in total. The lowest BCUT2D eigenvalue weighted by atomic mass is 10.1. The standard InChI is InChI=1S/C22H23N3O2S2/c1-12-7-8-15(13(2)11-12)25-21(27)18-14-5-4-6-16(14)28-19(18)23-22(25)29-17-9-10-24(3)20(17)26/h7-8,11,17H,4-6,9-10H2,1-3H3. The lowest BCUT2D eigenvalue weighted by Gasteiger charge is -2.17. The average Bonchev–Trinajstić information content (AvgIpc) is 3.34. The summed E-state index contributed by atoms with van der Waals surface area (Å²) in [7, 11) is 1.83. The summed E-state index contributed by atoms with van der Waals surface area (Å²) in [6.07, 6.45) is 3.88. The number of thiophene rings is 1. The first-order valence-corrected chi connectivity index (χ1v) is 11.7. The molecule has 1 aliphatic heterocycles. The normalized spacial score (nSPS) is 18.8. The molecule has 29 heavy (non-hydrogen) atoms. The second-order valence-electron chi connectivity index (χ2n) is 8.02. The summed E-state index contributed by atoms with van der Waals surface area (Å²) in [6, 6.07) is 6.12. The van der Waals surface area contributed by atoms with Crippen LogP contribution in [-0.4, -0.2) is 39.2 Å². The van der Waals surface area contributed by atoms with Gasteiger partial charge in [-0.1, -0.05) is 29.5 Å². The van der Waals surface area contributed by atoms with Crippen molar-refractivity contribution in [3.63, 3.8) is 0 Å². The van der Waals surface area contributed by atoms with E-state index in [-0.39, 0.29) is 16.7 Å². The first kappa shape index (κ1) is 18.9. The highest BCUT2D eigenvalue weighted by molar-refractivity contribution is 8.00. The second kappa shape index (κ2) is 6.99. The molecule has 1 atom stereocenters. The minimum absolute atomic E-state index is 0.00246. The molecule has 1 saturated heterocycles. The molecule has 0 spiro atoms. The third-order valence-electron chi connectivity index (χ3n) is 5.93. The number of hydrogen-bond acceptors (Lipinski definition) is 5. The van der Waals surface area contributed by atoms with Crippen LogP contribution in [0.1, 0.15) is 34.4 Å². The maximum absolute atomic E-state index is 13.7. The van der Waals surface area contributed by atoms with Crippen molar-refractivity contribution in [3.8, 4) is 5.69 Å². The maximum Gasteiger partial charge on any atom is 0.267 e. The summed E-state index contributed by atoms with van der Waals surface area (Å²) >= 11 is 3.09. The van der Waals surface area contributed by atoms with Crippen molar-refractivity contribution in [3.05, 3.63) is 50.1 Å². The van der Waals surface area contributed by atoms with Crippen molar-refractivity contribution in [2.24, 2.45) is 0 Å². The molecule has 0 bridgehead atoms. The molecule has 2 aromatic heterocycles. The smallest absolute Gasteiger partial charge is 0.267 e. The minimum atomic E-state index is -0.187. The zero-order valence-corrected chi connectivity index (χ0v) is 18.5. The highest BCUT2D eigenvalue weighted by atomic mass is 32.2. The molecule has 150 valence electrons. The van der Waals surface area contributed by atoms with Gasteiger partial charge in [0.2, 0.25) is 5.91 Å². The molecule has 7 heteroatoms. The van der Waals surface area contributed by atoms with Crippen LogP contribution in [0.15, 0.2) is 28.2 Å². The van der Waals surface area contributed by atoms with Crippen LogP contribution in [0.2, 0.25) is 0 Å². The average molecular weight is 426 g/mol. The monoisotopic (exact) mass is 425 g/mol. The largest absolute Gasteiger partial charge is 0.345 e. The molecule has 1 amide bonds. The van der Waals surface area contributed by atoms with E-state index < -0.39 is 0 Å². The number of likely N-dealkylation sites (tertiary alicyclic amines) is 1. The maximum atomic E-state index is 13.7. The molecule has 3 heterocycles. The topological polar surface area (TPSA) is 55.2 Å². The number of carbonyl (C=O) groups excluding carboxylic acids is 1. The fourth-order valence-corrected chi connectivity index (χ4v) is 6.90. The molecular formula is C22H23N3O2S2. The lowest BCUT2D eigenvalue weighted by Crippen LogP contribution is -2.26. The van der Waals surface area contributed by atoms with E-state index in [9.17, 15) is 9.59 Å². The van der Waals surface area contributed by atoms with E-state index in [4.69, 9.17) is 4.98 Å². The Morgan fingerprint density at radius 2 is 2.03 bits per heavy atom. The van der Waals surface area contributed by atoms with Gasteiger partial charge in [0.25, 0.3) is 5.56 Å². The summed E-state index contributed by atoms with van der Waals surface area (Å²) < 4.78 is 1.75. The molecule has 1 aromatic carbocycles. The molecule has 1 aliphatic carbocycles. The van der Waals surface area contributed by atoms with E-state index in [1.165, 1.54) is 22.2 Å². The highest BCUT2D eigenvalue weighted by Crippen LogP contribution is 2.37. The number of rotatable bonds is 3. The number of benzene rings is 1. The molecule has 0 N–H and O–H groups in total. The number of nitrogens with zero attached hydrogens (tertiary/aromatic N) is 3. The Bertz CT molecular complexity index is 1210. The van der Waals surface area contributed by atoms with Gasteiger partial charge in [0.15, 0.2) is 5.16 Å². The van der Waals surface area contributed by atoms with Gasteiger partial charge >= 0.3 is 0 Å². The van der Waals surface area contributed by atoms with Crippen LogP contribution in [0.25, 0.3) is 15.9 Å². The second-order valence-corrected chi connectivity index (χ2v) is 10.3. The Hall–Kier alpha value is -2.12. The first-order chi connectivity index (χ1) is 13.9. The Morgan fingerprint density at radius 1 is 1.21 bits per heavy atom. The van der Waals surface area contributed by atoms with Gasteiger partial charge in [-0.2, -0.15) is 0 Å².